The number of thiazole rings is 1. The molecule has 172 valence electrons. The third-order valence-corrected chi connectivity index (χ3v) is 7.78. The first-order valence-corrected chi connectivity index (χ1v) is 12.1. The molecule has 2 aliphatic heterocycles. The Morgan fingerprint density at radius 2 is 1.91 bits per heavy atom. The van der Waals surface area contributed by atoms with Gasteiger partial charge in [0.15, 0.2) is 5.01 Å². The summed E-state index contributed by atoms with van der Waals surface area (Å²) in [5.41, 5.74) is 6.36. The van der Waals surface area contributed by atoms with Crippen LogP contribution in [0.1, 0.15) is 25.9 Å². The van der Waals surface area contributed by atoms with Gasteiger partial charge in [-0.05, 0) is 35.2 Å². The summed E-state index contributed by atoms with van der Waals surface area (Å²) in [6, 6.07) is 12.4. The Balaban J connectivity index is 1.32. The van der Waals surface area contributed by atoms with Gasteiger partial charge in [0.2, 0.25) is 0 Å². The number of rotatable bonds is 4. The number of anilines is 1. The predicted octanol–water partition coefficient (Wildman–Crippen LogP) is 3.34. The fourth-order valence-corrected chi connectivity index (χ4v) is 6.19. The Kier molecular flexibility index (Phi) is 4.96. The zero-order valence-corrected chi connectivity index (χ0v) is 19.5. The number of nitrogens with zero attached hydrogens (tertiary/aromatic N) is 5. The molecular weight excluding hydrogens is 450 g/mol. The van der Waals surface area contributed by atoms with Crippen LogP contribution in [0.2, 0.25) is 0 Å². The Bertz CT molecular complexity index is 1460. The normalized spacial score (nSPS) is 15.5. The summed E-state index contributed by atoms with van der Waals surface area (Å²) in [5, 5.41) is 15.1. The molecule has 1 N–H and O–H groups in total. The number of fused-ring (bicyclic) bond motifs is 3. The summed E-state index contributed by atoms with van der Waals surface area (Å²) in [5.74, 6) is -0.921. The monoisotopic (exact) mass is 473 g/mol. The second-order valence-corrected chi connectivity index (χ2v) is 9.84. The first-order valence-electron chi connectivity index (χ1n) is 11.3. The van der Waals surface area contributed by atoms with Gasteiger partial charge >= 0.3 is 5.97 Å². The van der Waals surface area contributed by atoms with Crippen LogP contribution in [-0.4, -0.2) is 56.3 Å². The topological polar surface area (TPSA) is 91.6 Å². The van der Waals surface area contributed by atoms with Gasteiger partial charge in [-0.3, -0.25) is 19.2 Å². The molecule has 0 atom stereocenters. The summed E-state index contributed by atoms with van der Waals surface area (Å²) < 4.78 is 1.87. The molecule has 34 heavy (non-hydrogen) atoms. The maximum absolute atomic E-state index is 13.5. The highest BCUT2D eigenvalue weighted by atomic mass is 32.1. The Morgan fingerprint density at radius 3 is 2.76 bits per heavy atom. The van der Waals surface area contributed by atoms with E-state index in [0.717, 1.165) is 44.7 Å². The molecule has 4 aromatic rings. The minimum atomic E-state index is -0.837. The summed E-state index contributed by atoms with van der Waals surface area (Å²) >= 11 is 1.39. The van der Waals surface area contributed by atoms with E-state index in [1.54, 1.807) is 0 Å². The van der Waals surface area contributed by atoms with Crippen LogP contribution in [0.3, 0.4) is 0 Å². The van der Waals surface area contributed by atoms with Crippen LogP contribution in [0.4, 0.5) is 5.69 Å². The highest BCUT2D eigenvalue weighted by molar-refractivity contribution is 7.13. The molecule has 4 heterocycles. The first kappa shape index (κ1) is 21.0. The number of carboxylic acid groups (broad SMARTS) is 1. The number of carbonyl (C=O) groups is 2. The van der Waals surface area contributed by atoms with Crippen molar-refractivity contribution in [3.05, 3.63) is 63.7 Å². The van der Waals surface area contributed by atoms with Crippen molar-refractivity contribution < 1.29 is 14.7 Å². The maximum atomic E-state index is 13.5. The Morgan fingerprint density at radius 1 is 1.09 bits per heavy atom. The Hall–Kier alpha value is -3.56. The predicted molar refractivity (Wildman–Crippen MR) is 130 cm³/mol. The smallest absolute Gasteiger partial charge is 0.317 e. The van der Waals surface area contributed by atoms with E-state index in [-0.39, 0.29) is 12.5 Å². The number of hydrogen-bond acceptors (Lipinski definition) is 6. The van der Waals surface area contributed by atoms with Gasteiger partial charge in [-0.15, -0.1) is 11.3 Å². The zero-order valence-electron chi connectivity index (χ0n) is 18.7. The standard InChI is InChI=1S/C25H23N5O3S/c1-28-20-6-2-5-16(18(20)12-26-28)15-4-3-7-21-17(15)8-11-30(21)25(33)24-27-19-9-10-29(14-23(31)32)13-22(19)34-24/h2-7,12H,8-11,13-14H2,1H3,(H,31,32). The van der Waals surface area contributed by atoms with E-state index >= 15 is 0 Å². The molecular formula is C25H23N5O3S. The van der Waals surface area contributed by atoms with Gasteiger partial charge in [-0.25, -0.2) is 4.98 Å². The quantitative estimate of drug-likeness (QED) is 0.489. The number of aliphatic carboxylic acids is 1. The maximum Gasteiger partial charge on any atom is 0.317 e. The van der Waals surface area contributed by atoms with E-state index in [1.807, 2.05) is 45.9 Å². The largest absolute Gasteiger partial charge is 0.480 e. The van der Waals surface area contributed by atoms with Gasteiger partial charge in [0.25, 0.3) is 5.91 Å². The van der Waals surface area contributed by atoms with Gasteiger partial charge in [0.05, 0.1) is 24.0 Å². The van der Waals surface area contributed by atoms with Gasteiger partial charge in [0, 0.05) is 49.1 Å². The molecule has 8 nitrogen and oxygen atoms in total. The van der Waals surface area contributed by atoms with Crippen molar-refractivity contribution in [3.63, 3.8) is 0 Å². The number of carbonyl (C=O) groups excluding carboxylic acids is 1. The molecule has 2 aromatic carbocycles. The number of carboxylic acids is 1. The molecule has 0 saturated heterocycles. The fourth-order valence-electron chi connectivity index (χ4n) is 5.09. The molecule has 9 heteroatoms. The van der Waals surface area contributed by atoms with E-state index in [1.165, 1.54) is 16.9 Å². The van der Waals surface area contributed by atoms with E-state index in [9.17, 15) is 9.59 Å². The van der Waals surface area contributed by atoms with E-state index in [4.69, 9.17) is 5.11 Å². The highest BCUT2D eigenvalue weighted by Gasteiger charge is 2.31. The van der Waals surface area contributed by atoms with E-state index in [0.29, 0.717) is 31.1 Å². The number of amides is 1. The zero-order chi connectivity index (χ0) is 23.4. The molecule has 0 radical (unpaired) electrons. The van der Waals surface area contributed by atoms with Crippen molar-refractivity contribution in [3.8, 4) is 11.1 Å². The highest BCUT2D eigenvalue weighted by Crippen LogP contribution is 2.39. The number of hydrogen-bond donors (Lipinski definition) is 1. The van der Waals surface area contributed by atoms with Crippen molar-refractivity contribution >= 4 is 39.8 Å². The summed E-state index contributed by atoms with van der Waals surface area (Å²) in [6.07, 6.45) is 3.35. The van der Waals surface area contributed by atoms with Gasteiger partial charge < -0.3 is 10.0 Å². The molecule has 0 bridgehead atoms. The lowest BCUT2D eigenvalue weighted by molar-refractivity contribution is -0.138. The third-order valence-electron chi connectivity index (χ3n) is 6.71. The second kappa shape index (κ2) is 8.03. The van der Waals surface area contributed by atoms with Crippen molar-refractivity contribution in [1.82, 2.24) is 19.7 Å². The average molecular weight is 474 g/mol. The second-order valence-electron chi connectivity index (χ2n) is 8.76. The van der Waals surface area contributed by atoms with Crippen LogP contribution >= 0.6 is 11.3 Å². The molecule has 0 spiro atoms. The van der Waals surface area contributed by atoms with Crippen LogP contribution in [-0.2, 0) is 31.2 Å². The van der Waals surface area contributed by atoms with E-state index in [2.05, 4.69) is 28.3 Å². The van der Waals surface area contributed by atoms with Crippen LogP contribution in [0.15, 0.2) is 42.6 Å². The minimum Gasteiger partial charge on any atom is -0.480 e. The lowest BCUT2D eigenvalue weighted by Gasteiger charge is -2.23. The fraction of sp³-hybridized carbons (Fsp3) is 0.280. The first-order chi connectivity index (χ1) is 16.5. The van der Waals surface area contributed by atoms with Crippen LogP contribution < -0.4 is 4.90 Å². The van der Waals surface area contributed by atoms with Crippen molar-refractivity contribution in [1.29, 1.82) is 0 Å². The number of benzene rings is 2. The molecule has 6 rings (SSSR count). The number of aromatic nitrogens is 3. The molecule has 2 aromatic heterocycles. The molecule has 0 unspecified atom stereocenters. The van der Waals surface area contributed by atoms with Crippen molar-refractivity contribution in [2.24, 2.45) is 7.05 Å². The lowest BCUT2D eigenvalue weighted by atomic mass is 9.95. The molecule has 0 fully saturated rings. The van der Waals surface area contributed by atoms with Crippen LogP contribution in [0.25, 0.3) is 22.0 Å². The molecule has 2 aliphatic rings. The number of aryl methyl sites for hydroxylation is 1. The molecule has 0 aliphatic carbocycles. The van der Waals surface area contributed by atoms with Crippen molar-refractivity contribution in [2.75, 3.05) is 24.5 Å². The van der Waals surface area contributed by atoms with Gasteiger partial charge in [-0.2, -0.15) is 5.10 Å². The van der Waals surface area contributed by atoms with E-state index < -0.39 is 5.97 Å². The summed E-state index contributed by atoms with van der Waals surface area (Å²) in [6.45, 7) is 1.80. The summed E-state index contributed by atoms with van der Waals surface area (Å²) in [4.78, 5) is 33.9. The Labute approximate surface area is 200 Å². The third kappa shape index (κ3) is 3.39. The van der Waals surface area contributed by atoms with Crippen LogP contribution in [0.5, 0.6) is 0 Å². The minimum absolute atomic E-state index is 0.00653. The average Bonchev–Trinajstić information content (AvgIpc) is 3.54. The summed E-state index contributed by atoms with van der Waals surface area (Å²) in [7, 11) is 1.94. The SMILES string of the molecule is Cn1ncc2c(-c3cccc4c3CCN4C(=O)c3nc4c(s3)CN(CC(=O)O)CC4)cccc21. The molecule has 1 amide bonds. The van der Waals surface area contributed by atoms with Gasteiger partial charge in [0.1, 0.15) is 0 Å². The van der Waals surface area contributed by atoms with Crippen molar-refractivity contribution in [2.45, 2.75) is 19.4 Å². The molecule has 0 saturated carbocycles. The lowest BCUT2D eigenvalue weighted by Crippen LogP contribution is -2.34. The van der Waals surface area contributed by atoms with Crippen LogP contribution in [0, 0.1) is 0 Å². The van der Waals surface area contributed by atoms with Gasteiger partial charge in [-0.1, -0.05) is 24.3 Å².